The van der Waals surface area contributed by atoms with E-state index in [4.69, 9.17) is 4.74 Å². The van der Waals surface area contributed by atoms with Gasteiger partial charge in [-0.15, -0.1) is 0 Å². The molecule has 2 aromatic rings. The monoisotopic (exact) mass is 412 g/mol. The van der Waals surface area contributed by atoms with Crippen LogP contribution in [0.4, 0.5) is 17.5 Å². The molecule has 4 rings (SSSR count). The van der Waals surface area contributed by atoms with Crippen LogP contribution < -0.4 is 20.7 Å². The zero-order chi connectivity index (χ0) is 20.9. The van der Waals surface area contributed by atoms with Crippen LogP contribution >= 0.6 is 0 Å². The number of pyridine rings is 1. The van der Waals surface area contributed by atoms with Crippen molar-refractivity contribution in [1.29, 1.82) is 0 Å². The van der Waals surface area contributed by atoms with Crippen LogP contribution in [0.3, 0.4) is 0 Å². The first-order valence-electron chi connectivity index (χ1n) is 10.5. The molecule has 2 aliphatic rings. The van der Waals surface area contributed by atoms with Gasteiger partial charge in [-0.25, -0.2) is 9.97 Å². The van der Waals surface area contributed by atoms with Crippen molar-refractivity contribution in [2.24, 2.45) is 0 Å². The summed E-state index contributed by atoms with van der Waals surface area (Å²) >= 11 is 0. The minimum absolute atomic E-state index is 0.139. The molecule has 0 aromatic carbocycles. The molecule has 2 aliphatic heterocycles. The van der Waals surface area contributed by atoms with Gasteiger partial charge in [0.05, 0.1) is 18.9 Å². The number of aryl methyl sites for hydroxylation is 1. The Morgan fingerprint density at radius 1 is 1.20 bits per heavy atom. The first-order chi connectivity index (χ1) is 14.6. The minimum Gasteiger partial charge on any atom is -0.378 e. The van der Waals surface area contributed by atoms with Gasteiger partial charge >= 0.3 is 0 Å². The Morgan fingerprint density at radius 3 is 2.70 bits per heavy atom. The Hall–Kier alpha value is -2.94. The molecule has 30 heavy (non-hydrogen) atoms. The smallest absolute Gasteiger partial charge is 0.255 e. The third-order valence-corrected chi connectivity index (χ3v) is 5.59. The largest absolute Gasteiger partial charge is 0.378 e. The third kappa shape index (κ3) is 4.62. The second kappa shape index (κ2) is 9.25. The van der Waals surface area contributed by atoms with Crippen LogP contribution in [0, 0.1) is 6.92 Å². The van der Waals surface area contributed by atoms with Crippen molar-refractivity contribution < 1.29 is 9.53 Å². The summed E-state index contributed by atoms with van der Waals surface area (Å²) in [6, 6.07) is 3.69. The highest BCUT2D eigenvalue weighted by molar-refractivity contribution is 5.93. The molecule has 2 N–H and O–H groups in total. The fraction of sp³-hybridized carbons (Fsp3) is 0.524. The Labute approximate surface area is 175 Å². The Morgan fingerprint density at radius 2 is 1.97 bits per heavy atom. The number of amides is 1. The SMILES string of the molecule is Cc1nc(N2CCOCC2)[nH]c(=O)c1CCC(=O)Nc1cccnc1N1CCCC1. The highest BCUT2D eigenvalue weighted by atomic mass is 16.5. The minimum atomic E-state index is -0.184. The number of anilines is 3. The lowest BCUT2D eigenvalue weighted by Crippen LogP contribution is -2.38. The number of H-pyrrole nitrogens is 1. The fourth-order valence-electron chi connectivity index (χ4n) is 3.94. The number of carbonyl (C=O) groups excluding carboxylic acids is 1. The standard InChI is InChI=1S/C21H28N6O3/c1-15-16(20(29)25-21(23-15)27-11-13-30-14-12-27)6-7-18(28)24-17-5-4-8-22-19(17)26-9-2-3-10-26/h4-5,8H,2-3,6-7,9-14H2,1H3,(H,24,28)(H,23,25,29). The second-order valence-electron chi connectivity index (χ2n) is 7.67. The van der Waals surface area contributed by atoms with Gasteiger partial charge in [0, 0.05) is 50.1 Å². The molecule has 9 heteroatoms. The van der Waals surface area contributed by atoms with Crippen LogP contribution in [0.1, 0.15) is 30.5 Å². The molecule has 4 heterocycles. The van der Waals surface area contributed by atoms with Crippen LogP contribution in [0.15, 0.2) is 23.1 Å². The second-order valence-corrected chi connectivity index (χ2v) is 7.67. The third-order valence-electron chi connectivity index (χ3n) is 5.59. The number of morpholine rings is 1. The van der Waals surface area contributed by atoms with Crippen LogP contribution in [0.5, 0.6) is 0 Å². The number of nitrogens with zero attached hydrogens (tertiary/aromatic N) is 4. The number of aromatic nitrogens is 3. The summed E-state index contributed by atoms with van der Waals surface area (Å²) in [5, 5.41) is 2.96. The number of ether oxygens (including phenoxy) is 1. The van der Waals surface area contributed by atoms with Crippen LogP contribution in [-0.2, 0) is 16.0 Å². The molecule has 0 atom stereocenters. The maximum Gasteiger partial charge on any atom is 0.255 e. The van der Waals surface area contributed by atoms with Crippen molar-refractivity contribution in [2.45, 2.75) is 32.6 Å². The van der Waals surface area contributed by atoms with Crippen LogP contribution in [-0.4, -0.2) is 60.3 Å². The number of carbonyl (C=O) groups is 1. The van der Waals surface area contributed by atoms with Crippen molar-refractivity contribution in [2.75, 3.05) is 54.5 Å². The molecule has 0 unspecified atom stereocenters. The Balaban J connectivity index is 1.40. The first-order valence-corrected chi connectivity index (χ1v) is 10.5. The average molecular weight is 412 g/mol. The van der Waals surface area contributed by atoms with E-state index in [0.717, 1.165) is 37.4 Å². The van der Waals surface area contributed by atoms with Gasteiger partial charge in [-0.2, -0.15) is 0 Å². The van der Waals surface area contributed by atoms with E-state index in [1.165, 1.54) is 0 Å². The molecule has 2 aromatic heterocycles. The normalized spacial score (nSPS) is 16.7. The quantitative estimate of drug-likeness (QED) is 0.741. The van der Waals surface area contributed by atoms with Crippen molar-refractivity contribution >= 4 is 23.4 Å². The van der Waals surface area contributed by atoms with Crippen molar-refractivity contribution in [3.8, 4) is 0 Å². The van der Waals surface area contributed by atoms with E-state index in [2.05, 4.69) is 25.2 Å². The van der Waals surface area contributed by atoms with E-state index in [1.807, 2.05) is 24.0 Å². The van der Waals surface area contributed by atoms with Gasteiger partial charge in [-0.1, -0.05) is 0 Å². The van der Waals surface area contributed by atoms with E-state index < -0.39 is 0 Å². The lowest BCUT2D eigenvalue weighted by atomic mass is 10.1. The molecule has 0 spiro atoms. The molecule has 1 amide bonds. The molecule has 2 saturated heterocycles. The van der Waals surface area contributed by atoms with E-state index >= 15 is 0 Å². The maximum absolute atomic E-state index is 12.6. The Bertz CT molecular complexity index is 948. The van der Waals surface area contributed by atoms with Gasteiger partial charge in [0.2, 0.25) is 11.9 Å². The number of aromatic amines is 1. The van der Waals surface area contributed by atoms with E-state index in [0.29, 0.717) is 49.9 Å². The van der Waals surface area contributed by atoms with Gasteiger partial charge in [-0.3, -0.25) is 14.6 Å². The zero-order valence-corrected chi connectivity index (χ0v) is 17.3. The van der Waals surface area contributed by atoms with Crippen LogP contribution in [0.25, 0.3) is 0 Å². The molecule has 160 valence electrons. The molecule has 2 fully saturated rings. The summed E-state index contributed by atoms with van der Waals surface area (Å²) in [7, 11) is 0. The number of hydrogen-bond donors (Lipinski definition) is 2. The summed E-state index contributed by atoms with van der Waals surface area (Å²) in [5.41, 5.74) is 1.74. The molecular formula is C21H28N6O3. The predicted octanol–water partition coefficient (Wildman–Crippen LogP) is 1.48. The molecule has 0 aliphatic carbocycles. The lowest BCUT2D eigenvalue weighted by Gasteiger charge is -2.27. The lowest BCUT2D eigenvalue weighted by molar-refractivity contribution is -0.116. The Kier molecular flexibility index (Phi) is 6.27. The topological polar surface area (TPSA) is 103 Å². The number of hydrogen-bond acceptors (Lipinski definition) is 7. The zero-order valence-electron chi connectivity index (χ0n) is 17.3. The van der Waals surface area contributed by atoms with Gasteiger partial charge in [0.15, 0.2) is 5.82 Å². The molecule has 0 saturated carbocycles. The predicted molar refractivity (Wildman–Crippen MR) is 115 cm³/mol. The molecular weight excluding hydrogens is 384 g/mol. The number of rotatable bonds is 6. The highest BCUT2D eigenvalue weighted by Crippen LogP contribution is 2.26. The van der Waals surface area contributed by atoms with Crippen molar-refractivity contribution in [3.63, 3.8) is 0 Å². The fourth-order valence-corrected chi connectivity index (χ4v) is 3.94. The number of nitrogens with one attached hydrogen (secondary N) is 2. The van der Waals surface area contributed by atoms with Crippen molar-refractivity contribution in [1.82, 2.24) is 15.0 Å². The molecule has 0 radical (unpaired) electrons. The van der Waals surface area contributed by atoms with E-state index in [9.17, 15) is 9.59 Å². The van der Waals surface area contributed by atoms with E-state index in [1.54, 1.807) is 6.20 Å². The summed E-state index contributed by atoms with van der Waals surface area (Å²) in [6.07, 6.45) is 4.56. The molecule has 0 bridgehead atoms. The maximum atomic E-state index is 12.6. The first kappa shape index (κ1) is 20.3. The van der Waals surface area contributed by atoms with Gasteiger partial charge in [0.1, 0.15) is 0 Å². The van der Waals surface area contributed by atoms with Gasteiger partial charge in [-0.05, 0) is 38.3 Å². The summed E-state index contributed by atoms with van der Waals surface area (Å²) < 4.78 is 5.35. The average Bonchev–Trinajstić information content (AvgIpc) is 3.29. The summed E-state index contributed by atoms with van der Waals surface area (Å²) in [6.45, 7) is 6.38. The highest BCUT2D eigenvalue weighted by Gasteiger charge is 2.19. The van der Waals surface area contributed by atoms with E-state index in [-0.39, 0.29) is 17.9 Å². The van der Waals surface area contributed by atoms with Crippen LogP contribution in [0.2, 0.25) is 0 Å². The van der Waals surface area contributed by atoms with Crippen molar-refractivity contribution in [3.05, 3.63) is 39.9 Å². The molecule has 9 nitrogen and oxygen atoms in total. The summed E-state index contributed by atoms with van der Waals surface area (Å²) in [4.78, 5) is 41.2. The summed E-state index contributed by atoms with van der Waals surface area (Å²) in [5.74, 6) is 1.24. The van der Waals surface area contributed by atoms with Gasteiger partial charge < -0.3 is 19.9 Å². The van der Waals surface area contributed by atoms with Gasteiger partial charge in [0.25, 0.3) is 5.56 Å².